The number of aromatic amines is 1. The third-order valence-electron chi connectivity index (χ3n) is 4.90. The number of H-pyrrole nitrogens is 1. The van der Waals surface area contributed by atoms with Gasteiger partial charge in [-0.3, -0.25) is 9.78 Å². The summed E-state index contributed by atoms with van der Waals surface area (Å²) in [7, 11) is 4.07. The van der Waals surface area contributed by atoms with Gasteiger partial charge in [-0.2, -0.15) is 0 Å². The summed E-state index contributed by atoms with van der Waals surface area (Å²) in [5.41, 5.74) is 10.6. The second-order valence-corrected chi connectivity index (χ2v) is 7.60. The van der Waals surface area contributed by atoms with Gasteiger partial charge in [0, 0.05) is 45.3 Å². The van der Waals surface area contributed by atoms with E-state index >= 15 is 0 Å². The first-order valence-corrected chi connectivity index (χ1v) is 9.29. The van der Waals surface area contributed by atoms with Gasteiger partial charge >= 0.3 is 0 Å². The standard InChI is InChI=1S/C20H20N4OS/c1-11(24(2)3)15-6-4-12(10-22-15)17-14(21)5-7-16-18(17)13-8-9-26-19(13)20(25)23-16/h4-11H,21H2,1-3H3,(H,23,25). The molecular formula is C20H20N4OS. The number of nitrogens with two attached hydrogens (primary N) is 1. The first-order valence-electron chi connectivity index (χ1n) is 8.42. The number of nitrogen functional groups attached to an aromatic ring is 1. The Hall–Kier alpha value is -2.70. The summed E-state index contributed by atoms with van der Waals surface area (Å²) in [6.45, 7) is 2.12. The summed E-state index contributed by atoms with van der Waals surface area (Å²) >= 11 is 1.44. The normalized spacial score (nSPS) is 12.9. The molecule has 132 valence electrons. The number of nitrogens with one attached hydrogen (secondary N) is 1. The summed E-state index contributed by atoms with van der Waals surface area (Å²) in [5, 5.41) is 3.84. The van der Waals surface area contributed by atoms with Crippen LogP contribution in [0.15, 0.2) is 46.7 Å². The largest absolute Gasteiger partial charge is 0.398 e. The van der Waals surface area contributed by atoms with Gasteiger partial charge in [0.05, 0.1) is 5.69 Å². The molecule has 3 heterocycles. The first-order chi connectivity index (χ1) is 12.5. The fourth-order valence-electron chi connectivity index (χ4n) is 3.24. The second-order valence-electron chi connectivity index (χ2n) is 6.68. The molecule has 0 bridgehead atoms. The van der Waals surface area contributed by atoms with Crippen LogP contribution in [0.2, 0.25) is 0 Å². The molecule has 1 atom stereocenters. The predicted octanol–water partition coefficient (Wildman–Crippen LogP) is 4.01. The highest BCUT2D eigenvalue weighted by atomic mass is 32.1. The number of thiophene rings is 1. The van der Waals surface area contributed by atoms with E-state index in [0.717, 1.165) is 37.8 Å². The van der Waals surface area contributed by atoms with Crippen LogP contribution in [-0.2, 0) is 0 Å². The molecule has 0 saturated carbocycles. The molecule has 1 unspecified atom stereocenters. The minimum Gasteiger partial charge on any atom is -0.398 e. The van der Waals surface area contributed by atoms with Crippen LogP contribution in [0.25, 0.3) is 32.1 Å². The second kappa shape index (κ2) is 6.23. The van der Waals surface area contributed by atoms with E-state index in [2.05, 4.69) is 27.9 Å². The molecule has 3 N–H and O–H groups in total. The summed E-state index contributed by atoms with van der Waals surface area (Å²) < 4.78 is 0.718. The third kappa shape index (κ3) is 2.58. The van der Waals surface area contributed by atoms with E-state index in [9.17, 15) is 4.79 Å². The van der Waals surface area contributed by atoms with Crippen molar-refractivity contribution in [1.82, 2.24) is 14.9 Å². The Bertz CT molecular complexity index is 1160. The number of benzene rings is 1. The van der Waals surface area contributed by atoms with Crippen LogP contribution in [-0.4, -0.2) is 29.0 Å². The van der Waals surface area contributed by atoms with Crippen molar-refractivity contribution in [3.8, 4) is 11.1 Å². The molecule has 0 amide bonds. The van der Waals surface area contributed by atoms with E-state index in [1.807, 2.05) is 49.9 Å². The van der Waals surface area contributed by atoms with E-state index in [4.69, 9.17) is 5.73 Å². The van der Waals surface area contributed by atoms with E-state index in [1.165, 1.54) is 11.3 Å². The zero-order valence-electron chi connectivity index (χ0n) is 14.9. The highest BCUT2D eigenvalue weighted by molar-refractivity contribution is 7.17. The van der Waals surface area contributed by atoms with Crippen LogP contribution < -0.4 is 11.3 Å². The van der Waals surface area contributed by atoms with Crippen LogP contribution in [0.4, 0.5) is 5.69 Å². The number of fused-ring (bicyclic) bond motifs is 3. The van der Waals surface area contributed by atoms with Crippen molar-refractivity contribution in [3.05, 3.63) is 58.0 Å². The molecule has 0 saturated heterocycles. The van der Waals surface area contributed by atoms with Crippen molar-refractivity contribution in [2.24, 2.45) is 0 Å². The van der Waals surface area contributed by atoms with Crippen molar-refractivity contribution < 1.29 is 0 Å². The molecule has 0 aliphatic carbocycles. The summed E-state index contributed by atoms with van der Waals surface area (Å²) in [6, 6.07) is 10.0. The van der Waals surface area contributed by atoms with Crippen molar-refractivity contribution in [2.45, 2.75) is 13.0 Å². The summed E-state index contributed by atoms with van der Waals surface area (Å²) in [5.74, 6) is 0. The van der Waals surface area contributed by atoms with E-state index in [0.29, 0.717) is 5.69 Å². The Morgan fingerprint density at radius 2 is 2.00 bits per heavy atom. The van der Waals surface area contributed by atoms with Gasteiger partial charge in [-0.25, -0.2) is 0 Å². The molecule has 3 aromatic heterocycles. The Kier molecular flexibility index (Phi) is 4.01. The average Bonchev–Trinajstić information content (AvgIpc) is 3.12. The van der Waals surface area contributed by atoms with E-state index in [-0.39, 0.29) is 11.6 Å². The lowest BCUT2D eigenvalue weighted by atomic mass is 9.97. The minimum absolute atomic E-state index is 0.0634. The number of hydrogen-bond donors (Lipinski definition) is 2. The van der Waals surface area contributed by atoms with E-state index in [1.54, 1.807) is 0 Å². The molecule has 0 radical (unpaired) electrons. The maximum absolute atomic E-state index is 12.3. The number of nitrogens with zero attached hydrogens (tertiary/aromatic N) is 2. The van der Waals surface area contributed by atoms with Crippen molar-refractivity contribution in [3.63, 3.8) is 0 Å². The molecular weight excluding hydrogens is 344 g/mol. The van der Waals surface area contributed by atoms with Gasteiger partial charge in [0.25, 0.3) is 5.56 Å². The minimum atomic E-state index is -0.0634. The summed E-state index contributed by atoms with van der Waals surface area (Å²) in [4.78, 5) is 22.0. The molecule has 26 heavy (non-hydrogen) atoms. The zero-order chi connectivity index (χ0) is 18.4. The molecule has 0 spiro atoms. The lowest BCUT2D eigenvalue weighted by Crippen LogP contribution is -2.17. The highest BCUT2D eigenvalue weighted by Crippen LogP contribution is 2.37. The highest BCUT2D eigenvalue weighted by Gasteiger charge is 2.15. The third-order valence-corrected chi connectivity index (χ3v) is 5.82. The van der Waals surface area contributed by atoms with Crippen LogP contribution in [0.1, 0.15) is 18.7 Å². The van der Waals surface area contributed by atoms with Crippen LogP contribution >= 0.6 is 11.3 Å². The number of hydrogen-bond acceptors (Lipinski definition) is 5. The molecule has 5 nitrogen and oxygen atoms in total. The van der Waals surface area contributed by atoms with Crippen LogP contribution in [0.5, 0.6) is 0 Å². The fraction of sp³-hybridized carbons (Fsp3) is 0.200. The monoisotopic (exact) mass is 364 g/mol. The quantitative estimate of drug-likeness (QED) is 0.539. The van der Waals surface area contributed by atoms with Crippen LogP contribution in [0, 0.1) is 0 Å². The first kappa shape index (κ1) is 16.8. The Labute approximate surface area is 155 Å². The number of aromatic nitrogens is 2. The van der Waals surface area contributed by atoms with Gasteiger partial charge in [0.15, 0.2) is 0 Å². The number of pyridine rings is 2. The lowest BCUT2D eigenvalue weighted by molar-refractivity contribution is 0.315. The van der Waals surface area contributed by atoms with E-state index < -0.39 is 0 Å². The maximum Gasteiger partial charge on any atom is 0.266 e. The lowest BCUT2D eigenvalue weighted by Gasteiger charge is -2.19. The van der Waals surface area contributed by atoms with Crippen molar-refractivity contribution >= 4 is 38.0 Å². The maximum atomic E-state index is 12.3. The predicted molar refractivity (Wildman–Crippen MR) is 110 cm³/mol. The number of rotatable bonds is 3. The molecule has 6 heteroatoms. The van der Waals surface area contributed by atoms with Gasteiger partial charge in [-0.05, 0) is 50.7 Å². The smallest absolute Gasteiger partial charge is 0.266 e. The van der Waals surface area contributed by atoms with Crippen molar-refractivity contribution in [2.75, 3.05) is 19.8 Å². The average molecular weight is 364 g/mol. The van der Waals surface area contributed by atoms with Gasteiger partial charge in [-0.1, -0.05) is 6.07 Å². The SMILES string of the molecule is CC(c1ccc(-c2c(N)ccc3[nH]c(=O)c4sccc4c23)cn1)N(C)C. The van der Waals surface area contributed by atoms with Crippen molar-refractivity contribution in [1.29, 1.82) is 0 Å². The molecule has 1 aromatic carbocycles. The van der Waals surface area contributed by atoms with Gasteiger partial charge < -0.3 is 15.6 Å². The molecule has 0 aliphatic rings. The number of anilines is 1. The molecule has 0 aliphatic heterocycles. The Balaban J connectivity index is 1.98. The summed E-state index contributed by atoms with van der Waals surface area (Å²) in [6.07, 6.45) is 1.86. The van der Waals surface area contributed by atoms with Gasteiger partial charge in [-0.15, -0.1) is 11.3 Å². The molecule has 4 rings (SSSR count). The topological polar surface area (TPSA) is 75.0 Å². The van der Waals surface area contributed by atoms with Gasteiger partial charge in [0.1, 0.15) is 4.70 Å². The Morgan fingerprint density at radius 3 is 2.69 bits per heavy atom. The molecule has 0 fully saturated rings. The van der Waals surface area contributed by atoms with Gasteiger partial charge in [0.2, 0.25) is 0 Å². The fourth-order valence-corrected chi connectivity index (χ4v) is 4.03. The van der Waals surface area contributed by atoms with Crippen LogP contribution in [0.3, 0.4) is 0 Å². The zero-order valence-corrected chi connectivity index (χ0v) is 15.7. The Morgan fingerprint density at radius 1 is 1.19 bits per heavy atom. The molecule has 4 aromatic rings.